The number of likely N-dealkylation sites (tertiary alicyclic amines) is 2. The molecule has 0 N–H and O–H groups in total. The Bertz CT molecular complexity index is 1060. The van der Waals surface area contributed by atoms with E-state index in [9.17, 15) is 23.2 Å². The number of benzene rings is 1. The van der Waals surface area contributed by atoms with Crippen molar-refractivity contribution in [2.24, 2.45) is 5.92 Å². The van der Waals surface area contributed by atoms with Gasteiger partial charge in [-0.05, 0) is 43.0 Å². The number of carbonyl (C=O) groups is 1. The van der Waals surface area contributed by atoms with Gasteiger partial charge in [0.15, 0.2) is 0 Å². The van der Waals surface area contributed by atoms with Crippen LogP contribution >= 0.6 is 0 Å². The van der Waals surface area contributed by atoms with Crippen LogP contribution in [-0.2, 0) is 11.2 Å². The first-order chi connectivity index (χ1) is 17.3. The zero-order chi connectivity index (χ0) is 25.7. The number of halogens is 3. The Morgan fingerprint density at radius 3 is 2.50 bits per heavy atom. The first kappa shape index (κ1) is 25.8. The summed E-state index contributed by atoms with van der Waals surface area (Å²) in [6.07, 6.45) is -0.168. The summed E-state index contributed by atoms with van der Waals surface area (Å²) in [5, 5.41) is 13.9. The van der Waals surface area contributed by atoms with Gasteiger partial charge in [0.25, 0.3) is 0 Å². The Kier molecular flexibility index (Phi) is 8.04. The molecule has 2 aliphatic rings. The molecule has 36 heavy (non-hydrogen) atoms. The third-order valence-corrected chi connectivity index (χ3v) is 6.83. The molecule has 3 heterocycles. The molecule has 8 nitrogen and oxygen atoms in total. The lowest BCUT2D eigenvalue weighted by molar-refractivity contribution is -0.274. The molecular weight excluding hydrogens is 475 g/mol. The lowest BCUT2D eigenvalue weighted by Gasteiger charge is -2.41. The molecule has 0 saturated carbocycles. The Morgan fingerprint density at radius 2 is 1.86 bits per heavy atom. The van der Waals surface area contributed by atoms with Gasteiger partial charge in [0.2, 0.25) is 0 Å². The number of ether oxygens (including phenoxy) is 2. The third-order valence-electron chi connectivity index (χ3n) is 6.83. The first-order valence-corrected chi connectivity index (χ1v) is 12.1. The van der Waals surface area contributed by atoms with Gasteiger partial charge in [-0.1, -0.05) is 12.1 Å². The maximum absolute atomic E-state index is 13.4. The highest BCUT2D eigenvalue weighted by Gasteiger charge is 2.36. The molecule has 2 fully saturated rings. The monoisotopic (exact) mass is 505 g/mol. The van der Waals surface area contributed by atoms with Crippen LogP contribution in [0.25, 0.3) is 0 Å². The second-order valence-electron chi connectivity index (χ2n) is 9.31. The predicted octanol–water partition coefficient (Wildman–Crippen LogP) is 4.36. The van der Waals surface area contributed by atoms with Gasteiger partial charge >= 0.3 is 12.4 Å². The molecule has 0 radical (unpaired) electrons. The van der Waals surface area contributed by atoms with Crippen LogP contribution in [0, 0.1) is 17.2 Å². The van der Waals surface area contributed by atoms with Gasteiger partial charge in [0, 0.05) is 57.7 Å². The summed E-state index contributed by atoms with van der Waals surface area (Å²) in [5.74, 6) is -0.388. The number of carbonyl (C=O) groups excluding carboxylic acids is 1. The standard InChI is InChI=1S/C25H30F3N5O3/c1-35-13-9-21-8-12-33(30-21)22-14-20(19-2-4-23(5-3-19)36-25(26,27)28)16-32(17-22)24(34)31-10-6-18(15-29)7-11-31/h2-5,8,12,18,20,22H,6-7,9-11,13-14,16-17H2,1H3. The fraction of sp³-hybridized carbons (Fsp3) is 0.560. The smallest absolute Gasteiger partial charge is 0.406 e. The fourth-order valence-electron chi connectivity index (χ4n) is 4.92. The van der Waals surface area contributed by atoms with Crippen LogP contribution in [0.5, 0.6) is 5.75 Å². The van der Waals surface area contributed by atoms with Gasteiger partial charge in [0.05, 0.1) is 24.4 Å². The van der Waals surface area contributed by atoms with Crippen molar-refractivity contribution in [2.75, 3.05) is 39.9 Å². The average Bonchev–Trinajstić information content (AvgIpc) is 3.35. The van der Waals surface area contributed by atoms with Crippen molar-refractivity contribution < 1.29 is 27.4 Å². The molecule has 2 aromatic rings. The molecule has 0 bridgehead atoms. The van der Waals surface area contributed by atoms with E-state index in [0.29, 0.717) is 58.5 Å². The molecule has 0 aliphatic carbocycles. The van der Waals surface area contributed by atoms with Crippen LogP contribution in [0.15, 0.2) is 36.5 Å². The van der Waals surface area contributed by atoms with E-state index in [2.05, 4.69) is 15.9 Å². The van der Waals surface area contributed by atoms with E-state index in [4.69, 9.17) is 4.74 Å². The number of rotatable bonds is 6. The normalized spacial score (nSPS) is 21.3. The van der Waals surface area contributed by atoms with Gasteiger partial charge in [-0.3, -0.25) is 4.68 Å². The van der Waals surface area contributed by atoms with Gasteiger partial charge in [-0.15, -0.1) is 13.2 Å². The van der Waals surface area contributed by atoms with Gasteiger partial charge in [-0.2, -0.15) is 10.4 Å². The summed E-state index contributed by atoms with van der Waals surface area (Å²) >= 11 is 0. The van der Waals surface area contributed by atoms with Crippen molar-refractivity contribution in [2.45, 2.75) is 44.0 Å². The van der Waals surface area contributed by atoms with E-state index in [1.807, 2.05) is 21.8 Å². The molecule has 1 aromatic heterocycles. The molecule has 2 unspecified atom stereocenters. The third kappa shape index (κ3) is 6.49. The quantitative estimate of drug-likeness (QED) is 0.583. The molecular formula is C25H30F3N5O3. The number of urea groups is 1. The summed E-state index contributed by atoms with van der Waals surface area (Å²) < 4.78 is 48.7. The minimum atomic E-state index is -4.75. The van der Waals surface area contributed by atoms with Crippen molar-refractivity contribution in [1.29, 1.82) is 5.26 Å². The van der Waals surface area contributed by atoms with Crippen molar-refractivity contribution >= 4 is 6.03 Å². The number of piperidine rings is 2. The first-order valence-electron chi connectivity index (χ1n) is 12.1. The second-order valence-corrected chi connectivity index (χ2v) is 9.31. The highest BCUT2D eigenvalue weighted by atomic mass is 19.4. The topological polar surface area (TPSA) is 83.6 Å². The van der Waals surface area contributed by atoms with Gasteiger partial charge < -0.3 is 19.3 Å². The zero-order valence-electron chi connectivity index (χ0n) is 20.2. The molecule has 194 valence electrons. The molecule has 11 heteroatoms. The molecule has 2 atom stereocenters. The molecule has 2 amide bonds. The largest absolute Gasteiger partial charge is 0.573 e. The summed E-state index contributed by atoms with van der Waals surface area (Å²) in [6.45, 7) is 2.56. The minimum Gasteiger partial charge on any atom is -0.406 e. The average molecular weight is 506 g/mol. The maximum Gasteiger partial charge on any atom is 0.573 e. The van der Waals surface area contributed by atoms with E-state index in [1.54, 1.807) is 24.1 Å². The zero-order valence-corrected chi connectivity index (χ0v) is 20.2. The lowest BCUT2D eigenvalue weighted by Crippen LogP contribution is -2.51. The number of hydrogen-bond acceptors (Lipinski definition) is 5. The van der Waals surface area contributed by atoms with E-state index >= 15 is 0 Å². The number of nitriles is 1. The Labute approximate surface area is 208 Å². The maximum atomic E-state index is 13.4. The molecule has 0 spiro atoms. The summed E-state index contributed by atoms with van der Waals surface area (Å²) in [7, 11) is 1.64. The van der Waals surface area contributed by atoms with Gasteiger partial charge in [-0.25, -0.2) is 4.79 Å². The van der Waals surface area contributed by atoms with Crippen molar-refractivity contribution in [3.63, 3.8) is 0 Å². The van der Waals surface area contributed by atoms with Crippen molar-refractivity contribution in [3.05, 3.63) is 47.8 Å². The van der Waals surface area contributed by atoms with E-state index in [0.717, 1.165) is 11.3 Å². The Hall–Kier alpha value is -3.26. The number of aromatic nitrogens is 2. The van der Waals surface area contributed by atoms with Crippen LogP contribution in [0.4, 0.5) is 18.0 Å². The second kappa shape index (κ2) is 11.2. The lowest BCUT2D eigenvalue weighted by atomic mass is 9.88. The predicted molar refractivity (Wildman–Crippen MR) is 124 cm³/mol. The Morgan fingerprint density at radius 1 is 1.14 bits per heavy atom. The Balaban J connectivity index is 1.53. The van der Waals surface area contributed by atoms with Crippen molar-refractivity contribution in [1.82, 2.24) is 19.6 Å². The SMILES string of the molecule is COCCc1ccn(C2CC(c3ccc(OC(F)(F)F)cc3)CN(C(=O)N3CCC(C#N)CC3)C2)n1. The number of amides is 2. The highest BCUT2D eigenvalue weighted by Crippen LogP contribution is 2.35. The van der Waals surface area contributed by atoms with Crippen LogP contribution in [0.2, 0.25) is 0 Å². The molecule has 1 aromatic carbocycles. The number of methoxy groups -OCH3 is 1. The summed E-state index contributed by atoms with van der Waals surface area (Å²) in [6, 6.07) is 9.92. The fourth-order valence-corrected chi connectivity index (χ4v) is 4.92. The van der Waals surface area contributed by atoms with E-state index in [1.165, 1.54) is 12.1 Å². The number of hydrogen-bond donors (Lipinski definition) is 0. The van der Waals surface area contributed by atoms with E-state index in [-0.39, 0.29) is 29.7 Å². The van der Waals surface area contributed by atoms with Crippen LogP contribution < -0.4 is 4.74 Å². The molecule has 4 rings (SSSR count). The van der Waals surface area contributed by atoms with E-state index < -0.39 is 6.36 Å². The van der Waals surface area contributed by atoms with Crippen LogP contribution in [-0.4, -0.2) is 71.9 Å². The van der Waals surface area contributed by atoms with Crippen LogP contribution in [0.3, 0.4) is 0 Å². The van der Waals surface area contributed by atoms with Crippen molar-refractivity contribution in [3.8, 4) is 11.8 Å². The number of alkyl halides is 3. The van der Waals surface area contributed by atoms with Crippen LogP contribution in [0.1, 0.15) is 42.5 Å². The summed E-state index contributed by atoms with van der Waals surface area (Å²) in [5.41, 5.74) is 1.73. The minimum absolute atomic E-state index is 0.0251. The number of nitrogens with zero attached hydrogens (tertiary/aromatic N) is 5. The summed E-state index contributed by atoms with van der Waals surface area (Å²) in [4.78, 5) is 17.0. The van der Waals surface area contributed by atoms with Gasteiger partial charge in [0.1, 0.15) is 5.75 Å². The molecule has 2 saturated heterocycles. The molecule has 2 aliphatic heterocycles. The highest BCUT2D eigenvalue weighted by molar-refractivity contribution is 5.75.